The van der Waals surface area contributed by atoms with Gasteiger partial charge in [-0.25, -0.2) is 0 Å². The Hall–Kier alpha value is -5.64. The molecule has 4 aromatic carbocycles. The molecule has 4 aromatic rings. The SMILES string of the molecule is C/C=C\C.C=C(C)C#CC.C=C/C=C(\C=C/C)C(C)(C)c1cccc(-c2cccc(-c3ccc(C(/C=C\C)=C(\C)C=C)c(C)c3)c2)c1-c1ccccc1.CC. The predicted octanol–water partition coefficient (Wildman–Crippen LogP) is 16.7. The van der Waals surface area contributed by atoms with Crippen LogP contribution in [0.3, 0.4) is 0 Å². The lowest BCUT2D eigenvalue weighted by Crippen LogP contribution is -2.21. The summed E-state index contributed by atoms with van der Waals surface area (Å²) < 4.78 is 0. The molecule has 4 rings (SSSR count). The Morgan fingerprint density at radius 3 is 1.76 bits per heavy atom. The normalized spacial score (nSPS) is 11.5. The highest BCUT2D eigenvalue weighted by Gasteiger charge is 2.28. The molecule has 0 atom stereocenters. The highest BCUT2D eigenvalue weighted by molar-refractivity contribution is 5.89. The van der Waals surface area contributed by atoms with Gasteiger partial charge in [-0.2, -0.15) is 0 Å². The summed E-state index contributed by atoms with van der Waals surface area (Å²) in [4.78, 5) is 0. The van der Waals surface area contributed by atoms with Crippen molar-refractivity contribution in [1.29, 1.82) is 0 Å². The standard InChI is InChI=1S/C43H44.C6H8.C4H8.C2H6/c1-9-18-37(19-10-2)43(7,8)41-26-17-25-40(42(41)33-21-14-13-15-22-33)36-24-16-23-34(30-36)35-27-28-39(32(6)29-35)38(20-11-3)31(5)12-4;1-4-5-6(2)3;1-3-4-2;1-2/h9-30H,1,4H2,2-3,5-8H3;2H2,1,3H3;3-4H,1-2H3;1-2H3/b19-10-,20-11-,37-18+,38-31+;;4-3-;. The molecule has 0 heteroatoms. The van der Waals surface area contributed by atoms with Crippen molar-refractivity contribution in [3.05, 3.63) is 199 Å². The zero-order chi connectivity index (χ0) is 41.4. The minimum Gasteiger partial charge on any atom is -0.102 e. The molecular weight excluding hydrogens is 661 g/mol. The van der Waals surface area contributed by atoms with Crippen LogP contribution >= 0.6 is 0 Å². The highest BCUT2D eigenvalue weighted by atomic mass is 14.3. The van der Waals surface area contributed by atoms with E-state index >= 15 is 0 Å². The predicted molar refractivity (Wildman–Crippen MR) is 251 cm³/mol. The van der Waals surface area contributed by atoms with E-state index in [1.54, 1.807) is 6.92 Å². The lowest BCUT2D eigenvalue weighted by molar-refractivity contribution is 0.641. The molecule has 0 fully saturated rings. The molecule has 0 spiro atoms. The van der Waals surface area contributed by atoms with Crippen LogP contribution in [-0.4, -0.2) is 0 Å². The van der Waals surface area contributed by atoms with Gasteiger partial charge in [0, 0.05) is 5.41 Å². The fraction of sp³-hybridized carbons (Fsp3) is 0.236. The van der Waals surface area contributed by atoms with Crippen molar-refractivity contribution in [2.75, 3.05) is 0 Å². The smallest absolute Gasteiger partial charge is 0.0152 e. The van der Waals surface area contributed by atoms with Crippen LogP contribution in [0.15, 0.2) is 182 Å². The summed E-state index contributed by atoms with van der Waals surface area (Å²) in [5.74, 6) is 5.48. The molecule has 0 bridgehead atoms. The van der Waals surface area contributed by atoms with E-state index in [4.69, 9.17) is 0 Å². The molecule has 0 saturated heterocycles. The van der Waals surface area contributed by atoms with Gasteiger partial charge in [-0.15, -0.1) is 5.92 Å². The number of allylic oxidation sites excluding steroid dienone is 13. The molecule has 0 aromatic heterocycles. The van der Waals surface area contributed by atoms with Crippen molar-refractivity contribution in [3.63, 3.8) is 0 Å². The van der Waals surface area contributed by atoms with Gasteiger partial charge in [0.15, 0.2) is 0 Å². The second-order valence-corrected chi connectivity index (χ2v) is 13.3. The molecule has 0 amide bonds. The van der Waals surface area contributed by atoms with Crippen molar-refractivity contribution >= 4 is 5.57 Å². The Labute approximate surface area is 336 Å². The molecule has 0 N–H and O–H groups in total. The van der Waals surface area contributed by atoms with E-state index in [2.05, 4.69) is 194 Å². The van der Waals surface area contributed by atoms with Crippen molar-refractivity contribution in [2.45, 2.75) is 88.5 Å². The van der Waals surface area contributed by atoms with Gasteiger partial charge < -0.3 is 0 Å². The van der Waals surface area contributed by atoms with Gasteiger partial charge in [0.05, 0.1) is 0 Å². The van der Waals surface area contributed by atoms with E-state index in [0.29, 0.717) is 0 Å². The quantitative estimate of drug-likeness (QED) is 0.0867. The Balaban J connectivity index is 0.00000110. The zero-order valence-corrected chi connectivity index (χ0v) is 36.0. The van der Waals surface area contributed by atoms with Gasteiger partial charge >= 0.3 is 0 Å². The van der Waals surface area contributed by atoms with E-state index in [1.165, 1.54) is 66.8 Å². The van der Waals surface area contributed by atoms with Crippen LogP contribution in [0.2, 0.25) is 0 Å². The van der Waals surface area contributed by atoms with Gasteiger partial charge in [0.1, 0.15) is 0 Å². The molecule has 0 radical (unpaired) electrons. The van der Waals surface area contributed by atoms with Crippen LogP contribution in [0.1, 0.15) is 92.9 Å². The van der Waals surface area contributed by atoms with E-state index in [-0.39, 0.29) is 5.41 Å². The topological polar surface area (TPSA) is 0 Å². The zero-order valence-electron chi connectivity index (χ0n) is 36.0. The minimum atomic E-state index is -0.242. The van der Waals surface area contributed by atoms with Crippen LogP contribution in [0.25, 0.3) is 39.0 Å². The third kappa shape index (κ3) is 13.9. The van der Waals surface area contributed by atoms with Gasteiger partial charge in [0.2, 0.25) is 0 Å². The Morgan fingerprint density at radius 1 is 0.673 bits per heavy atom. The Bertz CT molecular complexity index is 2050. The molecule has 0 aliphatic carbocycles. The molecule has 0 heterocycles. The molecule has 286 valence electrons. The summed E-state index contributed by atoms with van der Waals surface area (Å²) in [6.07, 6.45) is 18.5. The second-order valence-electron chi connectivity index (χ2n) is 13.3. The molecule has 0 nitrogen and oxygen atoms in total. The number of aryl methyl sites for hydroxylation is 1. The van der Waals surface area contributed by atoms with E-state index in [9.17, 15) is 0 Å². The highest BCUT2D eigenvalue weighted by Crippen LogP contribution is 2.44. The molecule has 0 unspecified atom stereocenters. The van der Waals surface area contributed by atoms with Gasteiger partial charge in [0.25, 0.3) is 0 Å². The van der Waals surface area contributed by atoms with Crippen LogP contribution < -0.4 is 0 Å². The second kappa shape index (κ2) is 25.4. The fourth-order valence-corrected chi connectivity index (χ4v) is 6.10. The Kier molecular flexibility index (Phi) is 21.9. The monoisotopic (exact) mass is 727 g/mol. The van der Waals surface area contributed by atoms with Crippen LogP contribution in [0.5, 0.6) is 0 Å². The van der Waals surface area contributed by atoms with Crippen LogP contribution in [0, 0.1) is 18.8 Å². The van der Waals surface area contributed by atoms with Crippen molar-refractivity contribution in [3.8, 4) is 45.2 Å². The molecular formula is C55H66. The fourth-order valence-electron chi connectivity index (χ4n) is 6.10. The third-order valence-corrected chi connectivity index (χ3v) is 8.93. The molecule has 0 aliphatic rings. The summed E-state index contributed by atoms with van der Waals surface area (Å²) >= 11 is 0. The first-order valence-electron chi connectivity index (χ1n) is 19.4. The van der Waals surface area contributed by atoms with Crippen molar-refractivity contribution < 1.29 is 0 Å². The summed E-state index contributed by atoms with van der Waals surface area (Å²) in [6, 6.07) is 33.2. The maximum Gasteiger partial charge on any atom is 0.0152 e. The van der Waals surface area contributed by atoms with E-state index in [0.717, 1.165) is 5.57 Å². The Morgan fingerprint density at radius 2 is 1.25 bits per heavy atom. The van der Waals surface area contributed by atoms with Crippen LogP contribution in [-0.2, 0) is 5.41 Å². The average molecular weight is 727 g/mol. The van der Waals surface area contributed by atoms with Crippen molar-refractivity contribution in [2.24, 2.45) is 0 Å². The lowest BCUT2D eigenvalue weighted by atomic mass is 9.72. The average Bonchev–Trinajstić information content (AvgIpc) is 3.20. The first-order chi connectivity index (χ1) is 26.4. The summed E-state index contributed by atoms with van der Waals surface area (Å²) in [5.41, 5.74) is 15.4. The number of benzene rings is 4. The maximum absolute atomic E-state index is 4.00. The van der Waals surface area contributed by atoms with Gasteiger partial charge in [-0.3, -0.25) is 0 Å². The van der Waals surface area contributed by atoms with Gasteiger partial charge in [-0.05, 0) is 134 Å². The lowest BCUT2D eigenvalue weighted by Gasteiger charge is -2.31. The number of rotatable bonds is 10. The number of hydrogen-bond acceptors (Lipinski definition) is 0. The van der Waals surface area contributed by atoms with Crippen LogP contribution in [0.4, 0.5) is 0 Å². The maximum atomic E-state index is 4.00. The molecule has 0 aliphatic heterocycles. The summed E-state index contributed by atoms with van der Waals surface area (Å²) in [7, 11) is 0. The van der Waals surface area contributed by atoms with E-state index < -0.39 is 0 Å². The minimum absolute atomic E-state index is 0.242. The van der Waals surface area contributed by atoms with Gasteiger partial charge in [-0.1, -0.05) is 193 Å². The largest absolute Gasteiger partial charge is 0.102 e. The molecule has 55 heavy (non-hydrogen) atoms. The van der Waals surface area contributed by atoms with Crippen molar-refractivity contribution in [1.82, 2.24) is 0 Å². The first-order valence-corrected chi connectivity index (χ1v) is 19.4. The first kappa shape index (κ1) is 47.4. The third-order valence-electron chi connectivity index (χ3n) is 8.93. The number of hydrogen-bond donors (Lipinski definition) is 0. The summed E-state index contributed by atoms with van der Waals surface area (Å²) in [5, 5.41) is 0. The summed E-state index contributed by atoms with van der Waals surface area (Å²) in [6.45, 7) is 36.3. The molecule has 0 saturated carbocycles. The van der Waals surface area contributed by atoms with E-state index in [1.807, 2.05) is 58.9 Å².